The smallest absolute Gasteiger partial charge is 0.332 e. The molecule has 1 rings (SSSR count). The second kappa shape index (κ2) is 3.68. The molecule has 0 aromatic rings. The molecule has 1 fully saturated rings. The number of epoxide rings is 1. The van der Waals surface area contributed by atoms with Crippen LogP contribution in [0.2, 0.25) is 0 Å². The Balaban J connectivity index is 2.36. The third-order valence-corrected chi connectivity index (χ3v) is 3.28. The third-order valence-electron chi connectivity index (χ3n) is 1.29. The van der Waals surface area contributed by atoms with Crippen LogP contribution in [-0.4, -0.2) is 25.7 Å². The Morgan fingerprint density at radius 1 is 1.64 bits per heavy atom. The van der Waals surface area contributed by atoms with Crippen molar-refractivity contribution in [2.45, 2.75) is 20.1 Å². The molecule has 4 nitrogen and oxygen atoms in total. The summed E-state index contributed by atoms with van der Waals surface area (Å²) < 4.78 is 26.3. The van der Waals surface area contributed by atoms with Gasteiger partial charge in [0.15, 0.2) is 6.29 Å². The van der Waals surface area contributed by atoms with Crippen LogP contribution in [0.5, 0.6) is 0 Å². The summed E-state index contributed by atoms with van der Waals surface area (Å²) in [4.78, 5) is 0. The zero-order valence-electron chi connectivity index (χ0n) is 6.78. The Labute approximate surface area is 66.4 Å². The van der Waals surface area contributed by atoms with E-state index in [9.17, 15) is 4.57 Å². The Morgan fingerprint density at radius 2 is 2.27 bits per heavy atom. The van der Waals surface area contributed by atoms with Gasteiger partial charge in [-0.25, -0.2) is 0 Å². The molecular formula is C6H13O4P. The van der Waals surface area contributed by atoms with Gasteiger partial charge in [0, 0.05) is 6.16 Å². The first-order chi connectivity index (χ1) is 5.20. The highest BCUT2D eigenvalue weighted by atomic mass is 31.2. The Kier molecular flexibility index (Phi) is 3.07. The fourth-order valence-electron chi connectivity index (χ4n) is 0.672. The molecule has 1 heterocycles. The van der Waals surface area contributed by atoms with Crippen LogP contribution in [0.25, 0.3) is 0 Å². The molecule has 0 N–H and O–H groups in total. The van der Waals surface area contributed by atoms with Crippen molar-refractivity contribution in [2.75, 3.05) is 19.4 Å². The van der Waals surface area contributed by atoms with Crippen LogP contribution in [0.15, 0.2) is 0 Å². The van der Waals surface area contributed by atoms with Crippen LogP contribution < -0.4 is 0 Å². The van der Waals surface area contributed by atoms with E-state index in [1.807, 2.05) is 0 Å². The Bertz CT molecular complexity index is 166. The van der Waals surface area contributed by atoms with E-state index in [0.29, 0.717) is 19.4 Å². The summed E-state index contributed by atoms with van der Waals surface area (Å²) in [5.41, 5.74) is 0. The second-order valence-electron chi connectivity index (χ2n) is 2.21. The largest absolute Gasteiger partial charge is 0.344 e. The van der Waals surface area contributed by atoms with Crippen LogP contribution in [-0.2, 0) is 18.3 Å². The minimum Gasteiger partial charge on any atom is -0.344 e. The quantitative estimate of drug-likeness (QED) is 0.476. The molecule has 0 spiro atoms. The first-order valence-corrected chi connectivity index (χ1v) is 5.46. The molecule has 1 saturated heterocycles. The average Bonchev–Trinajstić information content (AvgIpc) is 2.73. The third kappa shape index (κ3) is 2.91. The highest BCUT2D eigenvalue weighted by Crippen LogP contribution is 2.50. The molecule has 0 bridgehead atoms. The van der Waals surface area contributed by atoms with Crippen molar-refractivity contribution in [2.24, 2.45) is 0 Å². The Morgan fingerprint density at radius 3 is 2.64 bits per heavy atom. The summed E-state index contributed by atoms with van der Waals surface area (Å²) in [7, 11) is -2.82. The molecule has 0 aromatic heterocycles. The summed E-state index contributed by atoms with van der Waals surface area (Å²) >= 11 is 0. The summed E-state index contributed by atoms with van der Waals surface area (Å²) in [6.07, 6.45) is 0.119. The molecular weight excluding hydrogens is 167 g/mol. The standard InChI is InChI=1S/C6H13O4P/c1-3-9-11(7,4-2)10-6-5-8-6/h6H,3-5H2,1-2H3. The van der Waals surface area contributed by atoms with Gasteiger partial charge in [-0.3, -0.25) is 9.09 Å². The summed E-state index contributed by atoms with van der Waals surface area (Å²) in [6.45, 7) is 4.52. The van der Waals surface area contributed by atoms with Gasteiger partial charge in [-0.05, 0) is 6.92 Å². The van der Waals surface area contributed by atoms with Gasteiger partial charge in [0.2, 0.25) is 0 Å². The Hall–Kier alpha value is 0.110. The highest BCUT2D eigenvalue weighted by molar-refractivity contribution is 7.53. The van der Waals surface area contributed by atoms with Crippen molar-refractivity contribution >= 4 is 7.60 Å². The molecule has 66 valence electrons. The molecule has 0 saturated carbocycles. The van der Waals surface area contributed by atoms with Crippen LogP contribution >= 0.6 is 7.60 Å². The van der Waals surface area contributed by atoms with Gasteiger partial charge in [-0.2, -0.15) is 0 Å². The van der Waals surface area contributed by atoms with E-state index in [1.54, 1.807) is 13.8 Å². The predicted octanol–water partition coefficient (Wildman–Crippen LogP) is 1.61. The lowest BCUT2D eigenvalue weighted by molar-refractivity contribution is 0.139. The van der Waals surface area contributed by atoms with Gasteiger partial charge < -0.3 is 9.26 Å². The SMILES string of the molecule is CCOP(=O)(CC)OC1CO1. The number of rotatable bonds is 5. The minimum absolute atomic E-state index is 0.285. The van der Waals surface area contributed by atoms with Gasteiger partial charge >= 0.3 is 7.60 Å². The van der Waals surface area contributed by atoms with Crippen molar-refractivity contribution < 1.29 is 18.3 Å². The second-order valence-corrected chi connectivity index (χ2v) is 4.54. The molecule has 0 aromatic carbocycles. The minimum atomic E-state index is -2.82. The average molecular weight is 180 g/mol. The lowest BCUT2D eigenvalue weighted by Crippen LogP contribution is -2.00. The first-order valence-electron chi connectivity index (χ1n) is 3.74. The van der Waals surface area contributed by atoms with Gasteiger partial charge in [-0.15, -0.1) is 0 Å². The van der Waals surface area contributed by atoms with Crippen LogP contribution in [0.4, 0.5) is 0 Å². The van der Waals surface area contributed by atoms with E-state index in [2.05, 4.69) is 0 Å². The van der Waals surface area contributed by atoms with Crippen molar-refractivity contribution in [1.29, 1.82) is 0 Å². The van der Waals surface area contributed by atoms with E-state index in [-0.39, 0.29) is 6.29 Å². The number of hydrogen-bond donors (Lipinski definition) is 0. The zero-order chi connectivity index (χ0) is 8.32. The fraction of sp³-hybridized carbons (Fsp3) is 1.00. The fourth-order valence-corrected chi connectivity index (χ4v) is 1.94. The van der Waals surface area contributed by atoms with E-state index < -0.39 is 7.60 Å². The van der Waals surface area contributed by atoms with Crippen molar-refractivity contribution in [1.82, 2.24) is 0 Å². The number of ether oxygens (including phenoxy) is 1. The van der Waals surface area contributed by atoms with E-state index in [4.69, 9.17) is 13.8 Å². The summed E-state index contributed by atoms with van der Waals surface area (Å²) in [6, 6.07) is 0. The molecule has 1 aliphatic rings. The monoisotopic (exact) mass is 180 g/mol. The van der Waals surface area contributed by atoms with Crippen molar-refractivity contribution in [3.8, 4) is 0 Å². The summed E-state index contributed by atoms with van der Waals surface area (Å²) in [5, 5.41) is 0. The predicted molar refractivity (Wildman–Crippen MR) is 40.6 cm³/mol. The molecule has 0 amide bonds. The molecule has 11 heavy (non-hydrogen) atoms. The maximum atomic E-state index is 11.5. The van der Waals surface area contributed by atoms with E-state index in [0.717, 1.165) is 0 Å². The van der Waals surface area contributed by atoms with Gasteiger partial charge in [0.05, 0.1) is 6.61 Å². The zero-order valence-corrected chi connectivity index (χ0v) is 7.67. The van der Waals surface area contributed by atoms with E-state index >= 15 is 0 Å². The molecule has 2 atom stereocenters. The van der Waals surface area contributed by atoms with Crippen LogP contribution in [0.1, 0.15) is 13.8 Å². The maximum absolute atomic E-state index is 11.5. The van der Waals surface area contributed by atoms with Gasteiger partial charge in [-0.1, -0.05) is 6.92 Å². The lowest BCUT2D eigenvalue weighted by Gasteiger charge is -2.13. The molecule has 1 aliphatic heterocycles. The molecule has 0 aliphatic carbocycles. The normalized spacial score (nSPS) is 28.0. The maximum Gasteiger partial charge on any atom is 0.332 e. The first kappa shape index (κ1) is 9.20. The highest BCUT2D eigenvalue weighted by Gasteiger charge is 2.33. The van der Waals surface area contributed by atoms with Crippen molar-refractivity contribution in [3.05, 3.63) is 0 Å². The topological polar surface area (TPSA) is 48.1 Å². The van der Waals surface area contributed by atoms with Crippen molar-refractivity contribution in [3.63, 3.8) is 0 Å². The van der Waals surface area contributed by atoms with Crippen LogP contribution in [0, 0.1) is 0 Å². The lowest BCUT2D eigenvalue weighted by atomic mass is 10.9. The van der Waals surface area contributed by atoms with Gasteiger partial charge in [0.1, 0.15) is 6.61 Å². The van der Waals surface area contributed by atoms with E-state index in [1.165, 1.54) is 0 Å². The molecule has 0 radical (unpaired) electrons. The number of hydrogen-bond acceptors (Lipinski definition) is 4. The molecule has 2 unspecified atom stereocenters. The molecule has 5 heteroatoms. The van der Waals surface area contributed by atoms with Crippen LogP contribution in [0.3, 0.4) is 0 Å². The van der Waals surface area contributed by atoms with Gasteiger partial charge in [0.25, 0.3) is 0 Å². The summed E-state index contributed by atoms with van der Waals surface area (Å²) in [5.74, 6) is 0.